The van der Waals surface area contributed by atoms with Gasteiger partial charge in [-0.15, -0.1) is 0 Å². The van der Waals surface area contributed by atoms with E-state index in [9.17, 15) is 4.79 Å². The van der Waals surface area contributed by atoms with Crippen molar-refractivity contribution in [3.8, 4) is 6.01 Å². The fourth-order valence-corrected chi connectivity index (χ4v) is 4.22. The van der Waals surface area contributed by atoms with E-state index in [0.717, 1.165) is 37.3 Å². The van der Waals surface area contributed by atoms with Gasteiger partial charge in [0.2, 0.25) is 0 Å². The highest BCUT2D eigenvalue weighted by molar-refractivity contribution is 5.73. The van der Waals surface area contributed by atoms with E-state index in [1.54, 1.807) is 0 Å². The molecular weight excluding hydrogens is 488 g/mol. The molecule has 0 aliphatic heterocycles. The minimum atomic E-state index is -0.848. The van der Waals surface area contributed by atoms with Gasteiger partial charge in [0.15, 0.2) is 0 Å². The average Bonchev–Trinajstić information content (AvgIpc) is 2.95. The SMILES string of the molecule is CCN(CC)c1ccc(/C=C/c2cc(/C=C/c3ccc(N(CC)CC)cc3)nc(OCCCC(=O)O)n2)cc1. The Bertz CT molecular complexity index is 1150. The van der Waals surface area contributed by atoms with E-state index in [1.165, 1.54) is 11.4 Å². The van der Waals surface area contributed by atoms with Crippen molar-refractivity contribution in [2.75, 3.05) is 42.6 Å². The molecule has 7 heteroatoms. The zero-order chi connectivity index (χ0) is 28.0. The van der Waals surface area contributed by atoms with E-state index < -0.39 is 5.97 Å². The van der Waals surface area contributed by atoms with Gasteiger partial charge in [-0.05, 0) is 87.7 Å². The third kappa shape index (κ3) is 9.28. The standard InChI is InChI=1S/C32H40N4O3/c1-5-35(6-2)29-19-13-25(14-20-29)11-17-27-24-28(34-32(33-27)39-23-9-10-31(37)38)18-12-26-15-21-30(22-16-26)36(7-3)8-4/h11-22,24H,5-10,23H2,1-4H3,(H,37,38)/b17-11+,18-12+. The van der Waals surface area contributed by atoms with E-state index in [-0.39, 0.29) is 19.0 Å². The van der Waals surface area contributed by atoms with Crippen LogP contribution in [-0.2, 0) is 4.79 Å². The number of aromatic nitrogens is 2. The van der Waals surface area contributed by atoms with E-state index >= 15 is 0 Å². The molecule has 2 aromatic carbocycles. The summed E-state index contributed by atoms with van der Waals surface area (Å²) in [5.41, 5.74) is 5.96. The minimum absolute atomic E-state index is 0.0410. The first-order valence-corrected chi connectivity index (χ1v) is 13.8. The third-order valence-electron chi connectivity index (χ3n) is 6.45. The lowest BCUT2D eigenvalue weighted by atomic mass is 10.1. The molecule has 0 unspecified atom stereocenters. The Morgan fingerprint density at radius 2 is 1.18 bits per heavy atom. The molecule has 206 valence electrons. The molecule has 0 radical (unpaired) electrons. The van der Waals surface area contributed by atoms with Crippen molar-refractivity contribution in [2.24, 2.45) is 0 Å². The summed E-state index contributed by atoms with van der Waals surface area (Å²) in [5.74, 6) is -0.848. The van der Waals surface area contributed by atoms with Crippen LogP contribution in [0.1, 0.15) is 63.1 Å². The Morgan fingerprint density at radius 1 is 0.744 bits per heavy atom. The number of benzene rings is 2. The largest absolute Gasteiger partial charge is 0.481 e. The molecule has 1 aromatic heterocycles. The molecule has 0 fully saturated rings. The second-order valence-electron chi connectivity index (χ2n) is 9.04. The fourth-order valence-electron chi connectivity index (χ4n) is 4.22. The first-order valence-electron chi connectivity index (χ1n) is 13.8. The molecule has 0 amide bonds. The van der Waals surface area contributed by atoms with Gasteiger partial charge in [-0.1, -0.05) is 36.4 Å². The minimum Gasteiger partial charge on any atom is -0.481 e. The number of rotatable bonds is 15. The highest BCUT2D eigenvalue weighted by Crippen LogP contribution is 2.19. The summed E-state index contributed by atoms with van der Waals surface area (Å²) in [6.07, 6.45) is 8.34. The first kappa shape index (κ1) is 29.4. The smallest absolute Gasteiger partial charge is 0.317 e. The molecular formula is C32H40N4O3. The summed E-state index contributed by atoms with van der Waals surface area (Å²) in [5, 5.41) is 8.90. The van der Waals surface area contributed by atoms with Crippen molar-refractivity contribution in [3.63, 3.8) is 0 Å². The molecule has 3 rings (SSSR count). The summed E-state index contributed by atoms with van der Waals surface area (Å²) >= 11 is 0. The molecule has 0 aliphatic rings. The lowest BCUT2D eigenvalue weighted by Crippen LogP contribution is -2.21. The fraction of sp³-hybridized carbons (Fsp3) is 0.344. The normalized spacial score (nSPS) is 11.3. The maximum Gasteiger partial charge on any atom is 0.317 e. The Kier molecular flexibility index (Phi) is 11.6. The van der Waals surface area contributed by atoms with Crippen LogP contribution in [0.25, 0.3) is 24.3 Å². The Labute approximate surface area is 232 Å². The van der Waals surface area contributed by atoms with Gasteiger partial charge in [0, 0.05) is 44.0 Å². The summed E-state index contributed by atoms with van der Waals surface area (Å²) < 4.78 is 5.71. The number of hydrogen-bond donors (Lipinski definition) is 1. The van der Waals surface area contributed by atoms with Crippen LogP contribution < -0.4 is 14.5 Å². The summed E-state index contributed by atoms with van der Waals surface area (Å²) in [4.78, 5) is 24.5. The molecule has 0 bridgehead atoms. The van der Waals surface area contributed by atoms with Crippen LogP contribution in [0.5, 0.6) is 6.01 Å². The molecule has 0 saturated heterocycles. The second kappa shape index (κ2) is 15.3. The Morgan fingerprint density at radius 3 is 1.56 bits per heavy atom. The number of carboxylic acids is 1. The van der Waals surface area contributed by atoms with Gasteiger partial charge in [-0.3, -0.25) is 4.79 Å². The molecule has 0 atom stereocenters. The quantitative estimate of drug-likeness (QED) is 0.219. The molecule has 3 aromatic rings. The zero-order valence-corrected chi connectivity index (χ0v) is 23.5. The molecule has 0 aliphatic carbocycles. The van der Waals surface area contributed by atoms with Crippen molar-refractivity contribution in [2.45, 2.75) is 40.5 Å². The molecule has 1 N–H and O–H groups in total. The van der Waals surface area contributed by atoms with Gasteiger partial charge >= 0.3 is 12.0 Å². The lowest BCUT2D eigenvalue weighted by molar-refractivity contribution is -0.137. The molecule has 1 heterocycles. The number of carbonyl (C=O) groups is 1. The highest BCUT2D eigenvalue weighted by Gasteiger charge is 2.06. The van der Waals surface area contributed by atoms with Gasteiger partial charge in [-0.2, -0.15) is 9.97 Å². The van der Waals surface area contributed by atoms with Gasteiger partial charge in [-0.25, -0.2) is 0 Å². The number of anilines is 2. The van der Waals surface area contributed by atoms with Gasteiger partial charge < -0.3 is 19.6 Å². The molecule has 39 heavy (non-hydrogen) atoms. The predicted molar refractivity (Wildman–Crippen MR) is 162 cm³/mol. The molecule has 0 saturated carbocycles. The summed E-state index contributed by atoms with van der Waals surface area (Å²) in [6, 6.07) is 19.0. The number of hydrogen-bond acceptors (Lipinski definition) is 6. The van der Waals surface area contributed by atoms with E-state index in [4.69, 9.17) is 9.84 Å². The van der Waals surface area contributed by atoms with Crippen molar-refractivity contribution in [1.29, 1.82) is 0 Å². The van der Waals surface area contributed by atoms with Crippen molar-refractivity contribution >= 4 is 41.6 Å². The van der Waals surface area contributed by atoms with Crippen LogP contribution in [-0.4, -0.2) is 53.8 Å². The maximum absolute atomic E-state index is 10.8. The monoisotopic (exact) mass is 528 g/mol. The van der Waals surface area contributed by atoms with Gasteiger partial charge in [0.1, 0.15) is 0 Å². The Hall–Kier alpha value is -4.13. The van der Waals surface area contributed by atoms with Crippen molar-refractivity contribution in [3.05, 3.63) is 77.1 Å². The van der Waals surface area contributed by atoms with Crippen LogP contribution >= 0.6 is 0 Å². The van der Waals surface area contributed by atoms with Crippen LogP contribution in [0.15, 0.2) is 54.6 Å². The number of aliphatic carboxylic acids is 1. The lowest BCUT2D eigenvalue weighted by Gasteiger charge is -2.20. The second-order valence-corrected chi connectivity index (χ2v) is 9.04. The number of nitrogens with zero attached hydrogens (tertiary/aromatic N) is 4. The summed E-state index contributed by atoms with van der Waals surface area (Å²) in [7, 11) is 0. The topological polar surface area (TPSA) is 78.8 Å². The van der Waals surface area contributed by atoms with E-state index in [0.29, 0.717) is 17.8 Å². The molecule has 7 nitrogen and oxygen atoms in total. The van der Waals surface area contributed by atoms with Crippen LogP contribution in [0.3, 0.4) is 0 Å². The third-order valence-corrected chi connectivity index (χ3v) is 6.45. The van der Waals surface area contributed by atoms with E-state index in [2.05, 4.69) is 96.0 Å². The number of ether oxygens (including phenoxy) is 1. The van der Waals surface area contributed by atoms with Crippen molar-refractivity contribution in [1.82, 2.24) is 9.97 Å². The molecule has 0 spiro atoms. The highest BCUT2D eigenvalue weighted by atomic mass is 16.5. The van der Waals surface area contributed by atoms with Crippen LogP contribution in [0.4, 0.5) is 11.4 Å². The average molecular weight is 529 g/mol. The number of carboxylic acid groups (broad SMARTS) is 1. The summed E-state index contributed by atoms with van der Waals surface area (Å²) in [6.45, 7) is 12.7. The van der Waals surface area contributed by atoms with E-state index in [1.807, 2.05) is 30.4 Å². The van der Waals surface area contributed by atoms with Crippen molar-refractivity contribution < 1.29 is 14.6 Å². The predicted octanol–water partition coefficient (Wildman–Crippen LogP) is 6.75. The van der Waals surface area contributed by atoms with Gasteiger partial charge in [0.05, 0.1) is 18.0 Å². The van der Waals surface area contributed by atoms with Crippen LogP contribution in [0, 0.1) is 0 Å². The maximum atomic E-state index is 10.8. The first-order chi connectivity index (χ1) is 18.9. The zero-order valence-electron chi connectivity index (χ0n) is 23.5. The van der Waals surface area contributed by atoms with Crippen LogP contribution in [0.2, 0.25) is 0 Å². The Balaban J connectivity index is 1.80. The van der Waals surface area contributed by atoms with Gasteiger partial charge in [0.25, 0.3) is 0 Å².